The second-order valence-corrected chi connectivity index (χ2v) is 8.55. The highest BCUT2D eigenvalue weighted by Crippen LogP contribution is 2.32. The molecule has 0 spiro atoms. The van der Waals surface area contributed by atoms with Gasteiger partial charge in [-0.05, 0) is 82.4 Å². The Labute approximate surface area is 181 Å². The quantitative estimate of drug-likeness (QED) is 0.489. The molecule has 1 N–H and O–H groups in total. The third-order valence-electron chi connectivity index (χ3n) is 4.01. The number of halogens is 1. The standard InChI is InChI=1S/C20H18IN3O3S/c1-23(2)16-9-3-13(4-10-16)11-17-19(26)24(20(27)28-17)12-18(25)22-15-7-5-14(21)6-8-15/h3-11H,12H2,1-2H3,(H,22,25)/b17-11+. The van der Waals surface area contributed by atoms with Crippen molar-refractivity contribution in [2.75, 3.05) is 30.9 Å². The number of nitrogens with zero attached hydrogens (tertiary/aromatic N) is 2. The first-order valence-electron chi connectivity index (χ1n) is 8.41. The van der Waals surface area contributed by atoms with Crippen molar-refractivity contribution >= 4 is 68.9 Å². The molecule has 0 atom stereocenters. The van der Waals surface area contributed by atoms with Crippen LogP contribution in [0, 0.1) is 3.57 Å². The van der Waals surface area contributed by atoms with E-state index in [4.69, 9.17) is 0 Å². The van der Waals surface area contributed by atoms with Crippen molar-refractivity contribution in [3.8, 4) is 0 Å². The second kappa shape index (κ2) is 8.78. The summed E-state index contributed by atoms with van der Waals surface area (Å²) in [5.41, 5.74) is 2.48. The summed E-state index contributed by atoms with van der Waals surface area (Å²) in [7, 11) is 3.89. The maximum Gasteiger partial charge on any atom is 0.294 e. The summed E-state index contributed by atoms with van der Waals surface area (Å²) in [5.74, 6) is -0.871. The van der Waals surface area contributed by atoms with Crippen LogP contribution in [0.4, 0.5) is 16.2 Å². The zero-order valence-corrected chi connectivity index (χ0v) is 18.3. The number of imide groups is 1. The third-order valence-corrected chi connectivity index (χ3v) is 5.64. The van der Waals surface area contributed by atoms with Crippen LogP contribution in [0.3, 0.4) is 0 Å². The highest BCUT2D eigenvalue weighted by Gasteiger charge is 2.36. The summed E-state index contributed by atoms with van der Waals surface area (Å²) in [6.07, 6.45) is 1.67. The van der Waals surface area contributed by atoms with E-state index in [1.165, 1.54) is 0 Å². The highest BCUT2D eigenvalue weighted by atomic mass is 127. The van der Waals surface area contributed by atoms with Gasteiger partial charge < -0.3 is 10.2 Å². The fourth-order valence-electron chi connectivity index (χ4n) is 2.53. The molecule has 0 aromatic heterocycles. The minimum atomic E-state index is -0.454. The van der Waals surface area contributed by atoms with Gasteiger partial charge in [0.1, 0.15) is 6.54 Å². The Morgan fingerprint density at radius 3 is 2.36 bits per heavy atom. The van der Waals surface area contributed by atoms with Crippen LogP contribution >= 0.6 is 34.4 Å². The van der Waals surface area contributed by atoms with Gasteiger partial charge in [0.15, 0.2) is 0 Å². The Kier molecular flexibility index (Phi) is 6.40. The number of hydrogen-bond donors (Lipinski definition) is 1. The SMILES string of the molecule is CN(C)c1ccc(/C=C2/SC(=O)N(CC(=O)Nc3ccc(I)cc3)C2=O)cc1. The van der Waals surface area contributed by atoms with Crippen molar-refractivity contribution in [1.29, 1.82) is 0 Å². The molecule has 0 saturated carbocycles. The number of rotatable bonds is 5. The smallest absolute Gasteiger partial charge is 0.294 e. The van der Waals surface area contributed by atoms with Gasteiger partial charge in [0, 0.05) is 29.0 Å². The summed E-state index contributed by atoms with van der Waals surface area (Å²) in [5, 5.41) is 2.25. The van der Waals surface area contributed by atoms with Crippen LogP contribution in [0.5, 0.6) is 0 Å². The molecular weight excluding hydrogens is 489 g/mol. The van der Waals surface area contributed by atoms with E-state index < -0.39 is 17.1 Å². The van der Waals surface area contributed by atoms with E-state index in [9.17, 15) is 14.4 Å². The normalized spacial score (nSPS) is 15.2. The van der Waals surface area contributed by atoms with E-state index >= 15 is 0 Å². The fraction of sp³-hybridized carbons (Fsp3) is 0.150. The van der Waals surface area contributed by atoms with E-state index in [2.05, 4.69) is 27.9 Å². The number of nitrogens with one attached hydrogen (secondary N) is 1. The van der Waals surface area contributed by atoms with E-state index in [1.54, 1.807) is 18.2 Å². The molecule has 6 nitrogen and oxygen atoms in total. The number of amides is 3. The van der Waals surface area contributed by atoms with Gasteiger partial charge in [0.25, 0.3) is 11.1 Å². The number of hydrogen-bond acceptors (Lipinski definition) is 5. The number of anilines is 2. The lowest BCUT2D eigenvalue weighted by Gasteiger charge is -2.12. The van der Waals surface area contributed by atoms with Gasteiger partial charge in [-0.25, -0.2) is 0 Å². The Morgan fingerprint density at radius 1 is 1.11 bits per heavy atom. The molecule has 2 aromatic carbocycles. The lowest BCUT2D eigenvalue weighted by molar-refractivity contribution is -0.127. The van der Waals surface area contributed by atoms with E-state index in [-0.39, 0.29) is 6.54 Å². The topological polar surface area (TPSA) is 69.7 Å². The largest absolute Gasteiger partial charge is 0.378 e. The van der Waals surface area contributed by atoms with Gasteiger partial charge in [0.05, 0.1) is 4.91 Å². The van der Waals surface area contributed by atoms with Crippen molar-refractivity contribution in [2.24, 2.45) is 0 Å². The first-order chi connectivity index (χ1) is 13.3. The molecule has 3 rings (SSSR count). The molecule has 144 valence electrons. The molecule has 0 bridgehead atoms. The zero-order chi connectivity index (χ0) is 20.3. The fourth-order valence-corrected chi connectivity index (χ4v) is 3.73. The maximum atomic E-state index is 12.6. The Morgan fingerprint density at radius 2 is 1.75 bits per heavy atom. The summed E-state index contributed by atoms with van der Waals surface area (Å²) in [6, 6.07) is 14.9. The van der Waals surface area contributed by atoms with Crippen LogP contribution in [0.2, 0.25) is 0 Å². The predicted octanol–water partition coefficient (Wildman–Crippen LogP) is 4.03. The zero-order valence-electron chi connectivity index (χ0n) is 15.3. The van der Waals surface area contributed by atoms with Crippen LogP contribution in [-0.2, 0) is 9.59 Å². The Bertz CT molecular complexity index is 940. The summed E-state index contributed by atoms with van der Waals surface area (Å²) >= 11 is 3.01. The number of benzene rings is 2. The summed E-state index contributed by atoms with van der Waals surface area (Å²) in [6.45, 7) is -0.312. The van der Waals surface area contributed by atoms with E-state index in [0.717, 1.165) is 31.5 Å². The molecule has 1 fully saturated rings. The molecule has 0 aliphatic carbocycles. The molecule has 1 aliphatic heterocycles. The highest BCUT2D eigenvalue weighted by molar-refractivity contribution is 14.1. The first kappa shape index (κ1) is 20.4. The van der Waals surface area contributed by atoms with Crippen LogP contribution in [0.15, 0.2) is 53.4 Å². The van der Waals surface area contributed by atoms with Gasteiger partial charge in [0.2, 0.25) is 5.91 Å². The molecule has 8 heteroatoms. The molecule has 3 amide bonds. The van der Waals surface area contributed by atoms with Crippen LogP contribution in [-0.4, -0.2) is 42.6 Å². The van der Waals surface area contributed by atoms with Crippen LogP contribution in [0.1, 0.15) is 5.56 Å². The summed E-state index contributed by atoms with van der Waals surface area (Å²) < 4.78 is 1.05. The predicted molar refractivity (Wildman–Crippen MR) is 121 cm³/mol. The minimum absolute atomic E-state index is 0.310. The average Bonchev–Trinajstić information content (AvgIpc) is 2.91. The van der Waals surface area contributed by atoms with Crippen molar-refractivity contribution in [2.45, 2.75) is 0 Å². The van der Waals surface area contributed by atoms with E-state index in [0.29, 0.717) is 10.6 Å². The number of carbonyl (C=O) groups is 3. The molecule has 1 saturated heterocycles. The van der Waals surface area contributed by atoms with Crippen molar-refractivity contribution in [3.05, 3.63) is 62.6 Å². The van der Waals surface area contributed by atoms with Crippen LogP contribution in [0.25, 0.3) is 6.08 Å². The molecule has 28 heavy (non-hydrogen) atoms. The maximum absolute atomic E-state index is 12.6. The van der Waals surface area contributed by atoms with Gasteiger partial charge in [-0.2, -0.15) is 0 Å². The van der Waals surface area contributed by atoms with Crippen molar-refractivity contribution < 1.29 is 14.4 Å². The van der Waals surface area contributed by atoms with Gasteiger partial charge in [-0.1, -0.05) is 12.1 Å². The lowest BCUT2D eigenvalue weighted by atomic mass is 10.2. The molecule has 1 aliphatic rings. The Hall–Kier alpha value is -2.33. The van der Waals surface area contributed by atoms with Gasteiger partial charge in [-0.3, -0.25) is 19.3 Å². The minimum Gasteiger partial charge on any atom is -0.378 e. The average molecular weight is 507 g/mol. The third kappa shape index (κ3) is 4.93. The second-order valence-electron chi connectivity index (χ2n) is 6.31. The van der Waals surface area contributed by atoms with Crippen molar-refractivity contribution in [1.82, 2.24) is 4.90 Å². The van der Waals surface area contributed by atoms with Gasteiger partial charge in [-0.15, -0.1) is 0 Å². The van der Waals surface area contributed by atoms with E-state index in [1.807, 2.05) is 55.4 Å². The van der Waals surface area contributed by atoms with Crippen LogP contribution < -0.4 is 10.2 Å². The molecule has 0 unspecified atom stereocenters. The molecule has 0 radical (unpaired) electrons. The molecule has 2 aromatic rings. The van der Waals surface area contributed by atoms with Gasteiger partial charge >= 0.3 is 0 Å². The lowest BCUT2D eigenvalue weighted by Crippen LogP contribution is -2.36. The molecular formula is C20H18IN3O3S. The first-order valence-corrected chi connectivity index (χ1v) is 10.3. The summed E-state index contributed by atoms with van der Waals surface area (Å²) in [4.78, 5) is 40.2. The molecule has 1 heterocycles. The Balaban J connectivity index is 1.67. The number of thioether (sulfide) groups is 1. The van der Waals surface area contributed by atoms with Crippen molar-refractivity contribution in [3.63, 3.8) is 0 Å². The monoisotopic (exact) mass is 507 g/mol. The number of carbonyl (C=O) groups excluding carboxylic acids is 3.